The number of amides is 3. The molecule has 5 N–H and O–H groups in total. The van der Waals surface area contributed by atoms with Gasteiger partial charge in [0.05, 0.1) is 29.0 Å². The Kier molecular flexibility index (Phi) is 5.07. The maximum atomic E-state index is 12.9. The van der Waals surface area contributed by atoms with Gasteiger partial charge in [0.25, 0.3) is 11.8 Å². The molecule has 3 amide bonds. The van der Waals surface area contributed by atoms with Crippen LogP contribution in [-0.4, -0.2) is 29.8 Å². The minimum atomic E-state index is -0.471. The SMILES string of the molecule is Nc1ccc(C(=O)Nc2ccc(N3CC4(CCCCC4)C(=O)N3C=O)cc2)cc1N. The van der Waals surface area contributed by atoms with Crippen LogP contribution in [0.25, 0.3) is 0 Å². The molecule has 8 heteroatoms. The molecule has 1 heterocycles. The molecule has 1 aliphatic heterocycles. The summed E-state index contributed by atoms with van der Waals surface area (Å²) in [7, 11) is 0. The van der Waals surface area contributed by atoms with Crippen LogP contribution < -0.4 is 21.8 Å². The Labute approximate surface area is 174 Å². The normalized spacial score (nSPS) is 17.9. The largest absolute Gasteiger partial charge is 0.397 e. The zero-order valence-electron chi connectivity index (χ0n) is 16.6. The average molecular weight is 407 g/mol. The lowest BCUT2D eigenvalue weighted by Gasteiger charge is -2.29. The third kappa shape index (κ3) is 3.45. The van der Waals surface area contributed by atoms with Crippen molar-refractivity contribution in [1.29, 1.82) is 0 Å². The van der Waals surface area contributed by atoms with Crippen LogP contribution in [0.2, 0.25) is 0 Å². The molecule has 30 heavy (non-hydrogen) atoms. The Balaban J connectivity index is 1.50. The van der Waals surface area contributed by atoms with Crippen molar-refractivity contribution < 1.29 is 14.4 Å². The van der Waals surface area contributed by atoms with Crippen LogP contribution in [0, 0.1) is 5.41 Å². The Hall–Kier alpha value is -3.55. The zero-order chi connectivity index (χ0) is 21.3. The van der Waals surface area contributed by atoms with Gasteiger partial charge in [-0.25, -0.2) is 0 Å². The minimum absolute atomic E-state index is 0.115. The highest BCUT2D eigenvalue weighted by Gasteiger charge is 2.51. The smallest absolute Gasteiger partial charge is 0.256 e. The van der Waals surface area contributed by atoms with E-state index in [4.69, 9.17) is 11.5 Å². The van der Waals surface area contributed by atoms with Gasteiger partial charge >= 0.3 is 0 Å². The first-order chi connectivity index (χ1) is 14.4. The Bertz CT molecular complexity index is 983. The first kappa shape index (κ1) is 19.8. The summed E-state index contributed by atoms with van der Waals surface area (Å²) in [5, 5.41) is 5.73. The fraction of sp³-hybridized carbons (Fsp3) is 0.318. The number of carbonyl (C=O) groups is 3. The van der Waals surface area contributed by atoms with Crippen molar-refractivity contribution in [3.05, 3.63) is 48.0 Å². The standard InChI is InChI=1S/C22H25N5O3/c23-18-9-4-15(12-19(18)24)20(29)25-16-5-7-17(8-6-16)26-13-22(10-2-1-3-11-22)21(30)27(26)14-28/h4-9,12,14H,1-3,10-11,13,23-24H2,(H,25,29). The van der Waals surface area contributed by atoms with E-state index in [2.05, 4.69) is 5.32 Å². The molecule has 0 unspecified atom stereocenters. The summed E-state index contributed by atoms with van der Waals surface area (Å²) >= 11 is 0. The first-order valence-electron chi connectivity index (χ1n) is 10.1. The molecule has 0 aromatic heterocycles. The van der Waals surface area contributed by atoms with Gasteiger partial charge in [-0.3, -0.25) is 19.4 Å². The molecule has 4 rings (SSSR count). The summed E-state index contributed by atoms with van der Waals surface area (Å²) in [5.41, 5.74) is 13.5. The number of hydrogen-bond donors (Lipinski definition) is 3. The number of carbonyl (C=O) groups excluding carboxylic acids is 3. The summed E-state index contributed by atoms with van der Waals surface area (Å²) < 4.78 is 0. The number of hydrazine groups is 1. The number of nitrogens with zero attached hydrogens (tertiary/aromatic N) is 2. The maximum absolute atomic E-state index is 12.9. The number of rotatable bonds is 4. The summed E-state index contributed by atoms with van der Waals surface area (Å²) in [5.74, 6) is -0.419. The van der Waals surface area contributed by atoms with Gasteiger partial charge in [-0.15, -0.1) is 0 Å². The molecule has 1 saturated heterocycles. The van der Waals surface area contributed by atoms with E-state index in [0.717, 1.165) is 37.8 Å². The Morgan fingerprint density at radius 1 is 1.00 bits per heavy atom. The van der Waals surface area contributed by atoms with Crippen molar-refractivity contribution in [2.24, 2.45) is 5.41 Å². The molecule has 2 aliphatic rings. The van der Waals surface area contributed by atoms with Crippen molar-refractivity contribution in [3.63, 3.8) is 0 Å². The van der Waals surface area contributed by atoms with Gasteiger partial charge in [0.15, 0.2) is 0 Å². The van der Waals surface area contributed by atoms with Crippen LogP contribution in [0.1, 0.15) is 42.5 Å². The fourth-order valence-corrected chi connectivity index (χ4v) is 4.34. The van der Waals surface area contributed by atoms with E-state index in [9.17, 15) is 14.4 Å². The summed E-state index contributed by atoms with van der Waals surface area (Å²) in [6, 6.07) is 11.8. The van der Waals surface area contributed by atoms with Gasteiger partial charge in [-0.1, -0.05) is 19.3 Å². The van der Waals surface area contributed by atoms with Gasteiger partial charge in [0.1, 0.15) is 0 Å². The average Bonchev–Trinajstić information content (AvgIpc) is 3.02. The highest BCUT2D eigenvalue weighted by molar-refractivity contribution is 6.05. The number of benzene rings is 2. The highest BCUT2D eigenvalue weighted by atomic mass is 16.2. The second-order valence-electron chi connectivity index (χ2n) is 8.00. The lowest BCUT2D eigenvalue weighted by Crippen LogP contribution is -2.39. The van der Waals surface area contributed by atoms with E-state index in [1.165, 1.54) is 11.1 Å². The Morgan fingerprint density at radius 2 is 1.70 bits per heavy atom. The van der Waals surface area contributed by atoms with Gasteiger partial charge < -0.3 is 16.8 Å². The second kappa shape index (κ2) is 7.70. The highest BCUT2D eigenvalue weighted by Crippen LogP contribution is 2.44. The van der Waals surface area contributed by atoms with Crippen LogP contribution in [0.4, 0.5) is 22.7 Å². The first-order valence-corrected chi connectivity index (χ1v) is 10.1. The van der Waals surface area contributed by atoms with Crippen molar-refractivity contribution in [3.8, 4) is 0 Å². The number of nitrogens with two attached hydrogens (primary N) is 2. The summed E-state index contributed by atoms with van der Waals surface area (Å²) in [4.78, 5) is 37.0. The molecule has 8 nitrogen and oxygen atoms in total. The summed E-state index contributed by atoms with van der Waals surface area (Å²) in [6.07, 6.45) is 5.36. The molecule has 2 fully saturated rings. The molecular weight excluding hydrogens is 382 g/mol. The second-order valence-corrected chi connectivity index (χ2v) is 8.00. The van der Waals surface area contributed by atoms with Crippen LogP contribution in [0.15, 0.2) is 42.5 Å². The Morgan fingerprint density at radius 3 is 2.33 bits per heavy atom. The minimum Gasteiger partial charge on any atom is -0.397 e. The fourth-order valence-electron chi connectivity index (χ4n) is 4.34. The van der Waals surface area contributed by atoms with Gasteiger partial charge in [0, 0.05) is 11.3 Å². The number of imide groups is 1. The maximum Gasteiger partial charge on any atom is 0.256 e. The molecule has 1 spiro atoms. The molecule has 0 bridgehead atoms. The van der Waals surface area contributed by atoms with Gasteiger partial charge in [-0.2, -0.15) is 5.01 Å². The number of nitrogen functional groups attached to an aromatic ring is 2. The predicted molar refractivity (Wildman–Crippen MR) is 115 cm³/mol. The zero-order valence-corrected chi connectivity index (χ0v) is 16.6. The van der Waals surface area contributed by atoms with Crippen molar-refractivity contribution >= 4 is 41.0 Å². The monoisotopic (exact) mass is 407 g/mol. The number of hydrogen-bond acceptors (Lipinski definition) is 6. The quantitative estimate of drug-likeness (QED) is 0.529. The van der Waals surface area contributed by atoms with E-state index in [0.29, 0.717) is 35.6 Å². The number of nitrogens with one attached hydrogen (secondary N) is 1. The third-order valence-corrected chi connectivity index (χ3v) is 6.06. The van der Waals surface area contributed by atoms with Crippen LogP contribution in [-0.2, 0) is 9.59 Å². The topological polar surface area (TPSA) is 122 Å². The molecule has 0 atom stereocenters. The predicted octanol–water partition coefficient (Wildman–Crippen LogP) is 2.77. The van der Waals surface area contributed by atoms with E-state index in [-0.39, 0.29) is 11.8 Å². The lowest BCUT2D eigenvalue weighted by atomic mass is 9.74. The summed E-state index contributed by atoms with van der Waals surface area (Å²) in [6.45, 7) is 0.501. The van der Waals surface area contributed by atoms with E-state index >= 15 is 0 Å². The van der Waals surface area contributed by atoms with E-state index in [1.807, 2.05) is 0 Å². The number of anilines is 4. The van der Waals surface area contributed by atoms with E-state index < -0.39 is 5.41 Å². The van der Waals surface area contributed by atoms with Gasteiger partial charge in [0.2, 0.25) is 6.41 Å². The van der Waals surface area contributed by atoms with Crippen LogP contribution >= 0.6 is 0 Å². The lowest BCUT2D eigenvalue weighted by molar-refractivity contribution is -0.142. The van der Waals surface area contributed by atoms with Crippen molar-refractivity contribution in [2.45, 2.75) is 32.1 Å². The molecule has 2 aromatic carbocycles. The van der Waals surface area contributed by atoms with Crippen molar-refractivity contribution in [2.75, 3.05) is 28.3 Å². The third-order valence-electron chi connectivity index (χ3n) is 6.06. The van der Waals surface area contributed by atoms with Crippen LogP contribution in [0.3, 0.4) is 0 Å². The van der Waals surface area contributed by atoms with Gasteiger partial charge in [-0.05, 0) is 55.3 Å². The van der Waals surface area contributed by atoms with E-state index in [1.54, 1.807) is 41.4 Å². The molecule has 156 valence electrons. The molecule has 1 saturated carbocycles. The molecule has 0 radical (unpaired) electrons. The molecule has 2 aromatic rings. The molecular formula is C22H25N5O3. The van der Waals surface area contributed by atoms with Crippen LogP contribution in [0.5, 0.6) is 0 Å². The molecule has 1 aliphatic carbocycles. The van der Waals surface area contributed by atoms with Crippen molar-refractivity contribution in [1.82, 2.24) is 5.01 Å².